The molecule has 1 aliphatic rings. The number of carbonyl (C=O) groups is 1. The molecule has 25 heavy (non-hydrogen) atoms. The molecular weight excluding hydrogens is 318 g/mol. The van der Waals surface area contributed by atoms with Gasteiger partial charge in [0.2, 0.25) is 0 Å². The molecule has 3 rings (SSSR count). The van der Waals surface area contributed by atoms with Crippen LogP contribution in [0.25, 0.3) is 10.8 Å². The molecule has 1 N–H and O–H groups in total. The molecule has 6 nitrogen and oxygen atoms in total. The number of likely N-dealkylation sites (N-methyl/N-ethyl adjacent to an activating group) is 1. The predicted octanol–water partition coefficient (Wildman–Crippen LogP) is 1.90. The largest absolute Gasteiger partial charge is 0.391 e. The minimum absolute atomic E-state index is 0.179. The molecule has 0 radical (unpaired) electrons. The summed E-state index contributed by atoms with van der Waals surface area (Å²) in [6, 6.07) is 7.07. The van der Waals surface area contributed by atoms with Gasteiger partial charge in [-0.2, -0.15) is 5.10 Å². The SMILES string of the molecule is CC(C)Cn1nc(C(=O)N(C)CC(O)C2CC2)c2ccccc2c1=O. The molecule has 1 unspecified atom stereocenters. The second-order valence-corrected chi connectivity index (χ2v) is 7.37. The Kier molecular flexibility index (Phi) is 4.90. The number of aromatic nitrogens is 2. The van der Waals surface area contributed by atoms with Crippen LogP contribution in [-0.4, -0.2) is 45.4 Å². The van der Waals surface area contributed by atoms with E-state index in [1.165, 1.54) is 9.58 Å². The second-order valence-electron chi connectivity index (χ2n) is 7.37. The average Bonchev–Trinajstić information content (AvgIpc) is 3.41. The molecule has 1 amide bonds. The zero-order chi connectivity index (χ0) is 18.1. The number of amides is 1. The number of carbonyl (C=O) groups excluding carboxylic acids is 1. The van der Waals surface area contributed by atoms with Gasteiger partial charge in [0.1, 0.15) is 0 Å². The maximum Gasteiger partial charge on any atom is 0.274 e. The van der Waals surface area contributed by atoms with Crippen molar-refractivity contribution in [3.63, 3.8) is 0 Å². The maximum absolute atomic E-state index is 12.9. The minimum atomic E-state index is -0.498. The van der Waals surface area contributed by atoms with E-state index in [4.69, 9.17) is 0 Å². The summed E-state index contributed by atoms with van der Waals surface area (Å²) in [6.45, 7) is 4.74. The molecule has 1 fully saturated rings. The summed E-state index contributed by atoms with van der Waals surface area (Å²) in [5.41, 5.74) is 0.0860. The fraction of sp³-hybridized carbons (Fsp3) is 0.526. The number of aliphatic hydroxyl groups is 1. The quantitative estimate of drug-likeness (QED) is 0.869. The van der Waals surface area contributed by atoms with Crippen molar-refractivity contribution in [1.82, 2.24) is 14.7 Å². The van der Waals surface area contributed by atoms with Crippen LogP contribution in [0.5, 0.6) is 0 Å². The highest BCUT2D eigenvalue weighted by molar-refractivity contribution is 6.04. The Balaban J connectivity index is 1.99. The monoisotopic (exact) mass is 343 g/mol. The molecule has 1 heterocycles. The number of rotatable bonds is 6. The molecule has 0 aliphatic heterocycles. The van der Waals surface area contributed by atoms with Crippen LogP contribution >= 0.6 is 0 Å². The Bertz CT molecular complexity index is 839. The van der Waals surface area contributed by atoms with Crippen LogP contribution in [0.3, 0.4) is 0 Å². The van der Waals surface area contributed by atoms with Crippen molar-refractivity contribution in [2.45, 2.75) is 39.3 Å². The molecule has 1 atom stereocenters. The predicted molar refractivity (Wildman–Crippen MR) is 96.5 cm³/mol. The number of aliphatic hydroxyl groups excluding tert-OH is 1. The third kappa shape index (κ3) is 3.74. The van der Waals surface area contributed by atoms with Gasteiger partial charge in [-0.15, -0.1) is 0 Å². The van der Waals surface area contributed by atoms with Gasteiger partial charge in [-0.1, -0.05) is 32.0 Å². The van der Waals surface area contributed by atoms with Crippen molar-refractivity contribution < 1.29 is 9.90 Å². The molecule has 0 saturated heterocycles. The molecule has 0 bridgehead atoms. The van der Waals surface area contributed by atoms with Crippen LogP contribution < -0.4 is 5.56 Å². The van der Waals surface area contributed by atoms with Gasteiger partial charge in [0.05, 0.1) is 11.5 Å². The highest BCUT2D eigenvalue weighted by Crippen LogP contribution is 2.32. The van der Waals surface area contributed by atoms with Gasteiger partial charge in [0.25, 0.3) is 11.5 Å². The van der Waals surface area contributed by atoms with Crippen molar-refractivity contribution in [3.05, 3.63) is 40.3 Å². The van der Waals surface area contributed by atoms with Gasteiger partial charge in [-0.05, 0) is 30.7 Å². The zero-order valence-corrected chi connectivity index (χ0v) is 15.0. The third-order valence-corrected chi connectivity index (χ3v) is 4.58. The van der Waals surface area contributed by atoms with E-state index in [0.29, 0.717) is 23.2 Å². The maximum atomic E-state index is 12.9. The first-order valence-electron chi connectivity index (χ1n) is 8.82. The lowest BCUT2D eigenvalue weighted by Crippen LogP contribution is -2.37. The lowest BCUT2D eigenvalue weighted by Gasteiger charge is -2.21. The van der Waals surface area contributed by atoms with E-state index in [9.17, 15) is 14.7 Å². The Morgan fingerprint density at radius 1 is 1.32 bits per heavy atom. The number of hydrogen-bond acceptors (Lipinski definition) is 4. The Morgan fingerprint density at radius 2 is 1.96 bits per heavy atom. The Labute approximate surface area is 147 Å². The highest BCUT2D eigenvalue weighted by atomic mass is 16.3. The average molecular weight is 343 g/mol. The van der Waals surface area contributed by atoms with Crippen LogP contribution in [0, 0.1) is 11.8 Å². The molecule has 1 aromatic carbocycles. The van der Waals surface area contributed by atoms with Crippen molar-refractivity contribution >= 4 is 16.7 Å². The number of fused-ring (bicyclic) bond motifs is 1. The van der Waals surface area contributed by atoms with Gasteiger partial charge in [0.15, 0.2) is 5.69 Å². The molecule has 0 spiro atoms. The number of hydrogen-bond donors (Lipinski definition) is 1. The smallest absolute Gasteiger partial charge is 0.274 e. The summed E-state index contributed by atoms with van der Waals surface area (Å²) in [7, 11) is 1.67. The molecule has 1 aromatic heterocycles. The van der Waals surface area contributed by atoms with E-state index in [-0.39, 0.29) is 29.6 Å². The second kappa shape index (κ2) is 6.96. The molecule has 1 saturated carbocycles. The Morgan fingerprint density at radius 3 is 2.56 bits per heavy atom. The zero-order valence-electron chi connectivity index (χ0n) is 15.0. The lowest BCUT2D eigenvalue weighted by atomic mass is 10.1. The normalized spacial score (nSPS) is 15.6. The fourth-order valence-corrected chi connectivity index (χ4v) is 3.04. The first-order valence-corrected chi connectivity index (χ1v) is 8.82. The van der Waals surface area contributed by atoms with Gasteiger partial charge in [-0.3, -0.25) is 9.59 Å². The highest BCUT2D eigenvalue weighted by Gasteiger charge is 2.32. The van der Waals surface area contributed by atoms with Crippen LogP contribution in [0.2, 0.25) is 0 Å². The molecule has 6 heteroatoms. The van der Waals surface area contributed by atoms with Crippen molar-refractivity contribution in [3.8, 4) is 0 Å². The third-order valence-electron chi connectivity index (χ3n) is 4.58. The summed E-state index contributed by atoms with van der Waals surface area (Å²) in [4.78, 5) is 27.0. The van der Waals surface area contributed by atoms with Crippen molar-refractivity contribution in [1.29, 1.82) is 0 Å². The number of benzene rings is 1. The van der Waals surface area contributed by atoms with E-state index in [1.54, 1.807) is 31.3 Å². The molecular formula is C19H25N3O3. The van der Waals surface area contributed by atoms with E-state index in [0.717, 1.165) is 12.8 Å². The molecule has 1 aliphatic carbocycles. The van der Waals surface area contributed by atoms with Crippen LogP contribution in [-0.2, 0) is 6.54 Å². The first kappa shape index (κ1) is 17.6. The first-order chi connectivity index (χ1) is 11.9. The summed E-state index contributed by atoms with van der Waals surface area (Å²) >= 11 is 0. The Hall–Kier alpha value is -2.21. The molecule has 2 aromatic rings. The van der Waals surface area contributed by atoms with Gasteiger partial charge >= 0.3 is 0 Å². The van der Waals surface area contributed by atoms with E-state index in [1.807, 2.05) is 13.8 Å². The van der Waals surface area contributed by atoms with Crippen LogP contribution in [0.4, 0.5) is 0 Å². The van der Waals surface area contributed by atoms with Gasteiger partial charge < -0.3 is 10.0 Å². The van der Waals surface area contributed by atoms with Crippen molar-refractivity contribution in [2.75, 3.05) is 13.6 Å². The van der Waals surface area contributed by atoms with Gasteiger partial charge in [0, 0.05) is 25.5 Å². The minimum Gasteiger partial charge on any atom is -0.391 e. The van der Waals surface area contributed by atoms with E-state index < -0.39 is 6.10 Å². The standard InChI is InChI=1S/C19H25N3O3/c1-12(2)10-22-18(24)15-7-5-4-6-14(15)17(20-22)19(25)21(3)11-16(23)13-8-9-13/h4-7,12-13,16,23H,8-11H2,1-3H3. The summed E-state index contributed by atoms with van der Waals surface area (Å²) in [6.07, 6.45) is 1.54. The fourth-order valence-electron chi connectivity index (χ4n) is 3.04. The number of nitrogens with zero attached hydrogens (tertiary/aromatic N) is 3. The van der Waals surface area contributed by atoms with Gasteiger partial charge in [-0.25, -0.2) is 4.68 Å². The molecule has 134 valence electrons. The summed E-state index contributed by atoms with van der Waals surface area (Å²) in [5, 5.41) is 15.5. The topological polar surface area (TPSA) is 75.4 Å². The summed E-state index contributed by atoms with van der Waals surface area (Å²) < 4.78 is 1.38. The van der Waals surface area contributed by atoms with Crippen LogP contribution in [0.15, 0.2) is 29.1 Å². The van der Waals surface area contributed by atoms with Crippen molar-refractivity contribution in [2.24, 2.45) is 11.8 Å². The lowest BCUT2D eigenvalue weighted by molar-refractivity contribution is 0.0639. The van der Waals surface area contributed by atoms with E-state index >= 15 is 0 Å². The van der Waals surface area contributed by atoms with E-state index in [2.05, 4.69) is 5.10 Å². The van der Waals surface area contributed by atoms with Crippen LogP contribution in [0.1, 0.15) is 37.2 Å². The summed E-state index contributed by atoms with van der Waals surface area (Å²) in [5.74, 6) is 0.270.